The summed E-state index contributed by atoms with van der Waals surface area (Å²) < 4.78 is 5.18. The summed E-state index contributed by atoms with van der Waals surface area (Å²) in [4.78, 5) is 23.5. The summed E-state index contributed by atoms with van der Waals surface area (Å²) in [5, 5.41) is 2.66. The van der Waals surface area contributed by atoms with Gasteiger partial charge in [0.2, 0.25) is 0 Å². The Kier molecular flexibility index (Phi) is 3.60. The number of nitrogens with one attached hydrogen (secondary N) is 1. The third-order valence-electron chi connectivity index (χ3n) is 2.91. The predicted molar refractivity (Wildman–Crippen MR) is 73.6 cm³/mol. The number of hydrogen-bond acceptors (Lipinski definition) is 3. The number of ketones is 1. The van der Waals surface area contributed by atoms with Gasteiger partial charge in [0.15, 0.2) is 5.78 Å². The molecule has 0 aliphatic heterocycles. The number of anilines is 1. The van der Waals surface area contributed by atoms with Crippen molar-refractivity contribution in [1.29, 1.82) is 0 Å². The monoisotopic (exact) mass is 261 g/mol. The van der Waals surface area contributed by atoms with Gasteiger partial charge in [0, 0.05) is 17.7 Å². The van der Waals surface area contributed by atoms with Crippen molar-refractivity contribution in [1.82, 2.24) is 0 Å². The number of amides is 1. The second kappa shape index (κ2) is 5.03. The average molecular weight is 261 g/mol. The predicted octanol–water partition coefficient (Wildman–Crippen LogP) is 3.55. The number of rotatable bonds is 1. The second-order valence-corrected chi connectivity index (χ2v) is 5.78. The molecule has 1 aromatic rings. The van der Waals surface area contributed by atoms with E-state index in [2.05, 4.69) is 5.32 Å². The molecule has 102 valence electrons. The Labute approximate surface area is 113 Å². The van der Waals surface area contributed by atoms with Crippen molar-refractivity contribution in [2.24, 2.45) is 0 Å². The van der Waals surface area contributed by atoms with Crippen LogP contribution in [0.25, 0.3) is 0 Å². The molecule has 1 aromatic carbocycles. The maximum absolute atomic E-state index is 11.8. The Balaban J connectivity index is 2.12. The third-order valence-corrected chi connectivity index (χ3v) is 2.91. The summed E-state index contributed by atoms with van der Waals surface area (Å²) in [6.45, 7) is 5.43. The van der Waals surface area contributed by atoms with E-state index in [0.29, 0.717) is 12.1 Å². The van der Waals surface area contributed by atoms with Crippen molar-refractivity contribution in [2.75, 3.05) is 5.32 Å². The standard InChI is InChI=1S/C15H19NO3/c1-15(2,3)19-14(18)16-11-8-7-10-5-4-6-13(17)12(10)9-11/h7-9H,4-6H2,1-3H3,(H,16,18). The molecule has 4 heteroatoms. The summed E-state index contributed by atoms with van der Waals surface area (Å²) >= 11 is 0. The summed E-state index contributed by atoms with van der Waals surface area (Å²) in [5.41, 5.74) is 1.85. The van der Waals surface area contributed by atoms with Gasteiger partial charge in [0.05, 0.1) is 0 Å². The molecule has 4 nitrogen and oxygen atoms in total. The Morgan fingerprint density at radius 1 is 1.26 bits per heavy atom. The number of carbonyl (C=O) groups is 2. The SMILES string of the molecule is CC(C)(C)OC(=O)Nc1ccc2c(c1)C(=O)CCC2. The molecular weight excluding hydrogens is 242 g/mol. The molecule has 0 saturated heterocycles. The van der Waals surface area contributed by atoms with Crippen LogP contribution in [0.1, 0.15) is 49.5 Å². The van der Waals surface area contributed by atoms with Gasteiger partial charge in [-0.3, -0.25) is 10.1 Å². The minimum absolute atomic E-state index is 0.147. The summed E-state index contributed by atoms with van der Waals surface area (Å²) in [6, 6.07) is 5.45. The highest BCUT2D eigenvalue weighted by molar-refractivity contribution is 6.00. The van der Waals surface area contributed by atoms with Crippen LogP contribution in [0.2, 0.25) is 0 Å². The summed E-state index contributed by atoms with van der Waals surface area (Å²) in [6.07, 6.45) is 1.91. The number of Topliss-reactive ketones (excluding diaryl/α,β-unsaturated/α-hetero) is 1. The van der Waals surface area contributed by atoms with E-state index >= 15 is 0 Å². The fourth-order valence-electron chi connectivity index (χ4n) is 2.13. The molecule has 19 heavy (non-hydrogen) atoms. The molecule has 0 saturated carbocycles. The maximum atomic E-state index is 11.8. The topological polar surface area (TPSA) is 55.4 Å². The van der Waals surface area contributed by atoms with E-state index in [1.54, 1.807) is 12.1 Å². The first-order valence-corrected chi connectivity index (χ1v) is 6.51. The average Bonchev–Trinajstić information content (AvgIpc) is 2.27. The van der Waals surface area contributed by atoms with Gasteiger partial charge in [-0.1, -0.05) is 6.07 Å². The number of hydrogen-bond donors (Lipinski definition) is 1. The van der Waals surface area contributed by atoms with Crippen molar-refractivity contribution < 1.29 is 14.3 Å². The van der Waals surface area contributed by atoms with E-state index < -0.39 is 11.7 Å². The van der Waals surface area contributed by atoms with E-state index in [4.69, 9.17) is 4.74 Å². The number of benzene rings is 1. The van der Waals surface area contributed by atoms with E-state index in [0.717, 1.165) is 24.0 Å². The number of ether oxygens (including phenoxy) is 1. The van der Waals surface area contributed by atoms with E-state index in [9.17, 15) is 9.59 Å². The quantitative estimate of drug-likeness (QED) is 0.841. The number of carbonyl (C=O) groups excluding carboxylic acids is 2. The molecule has 0 atom stereocenters. The normalized spacial score (nSPS) is 14.8. The molecule has 0 fully saturated rings. The lowest BCUT2D eigenvalue weighted by Crippen LogP contribution is -2.27. The van der Waals surface area contributed by atoms with Crippen molar-refractivity contribution in [3.63, 3.8) is 0 Å². The van der Waals surface area contributed by atoms with Gasteiger partial charge in [-0.2, -0.15) is 0 Å². The molecule has 0 bridgehead atoms. The summed E-state index contributed by atoms with van der Waals surface area (Å²) in [7, 11) is 0. The van der Waals surface area contributed by atoms with Crippen molar-refractivity contribution in [3.8, 4) is 0 Å². The molecule has 1 aliphatic carbocycles. The minimum Gasteiger partial charge on any atom is -0.444 e. The zero-order chi connectivity index (χ0) is 14.0. The third kappa shape index (κ3) is 3.56. The second-order valence-electron chi connectivity index (χ2n) is 5.78. The van der Waals surface area contributed by atoms with Gasteiger partial charge in [-0.05, 0) is 51.3 Å². The zero-order valence-corrected chi connectivity index (χ0v) is 11.6. The Morgan fingerprint density at radius 3 is 2.68 bits per heavy atom. The minimum atomic E-state index is -0.534. The van der Waals surface area contributed by atoms with Gasteiger partial charge in [0.1, 0.15) is 5.60 Å². The first kappa shape index (κ1) is 13.6. The highest BCUT2D eigenvalue weighted by Gasteiger charge is 2.19. The number of aryl methyl sites for hydroxylation is 1. The first-order chi connectivity index (χ1) is 8.85. The molecule has 0 radical (unpaired) electrons. The Hall–Kier alpha value is -1.84. The van der Waals surface area contributed by atoms with Crippen LogP contribution in [0.15, 0.2) is 18.2 Å². The first-order valence-electron chi connectivity index (χ1n) is 6.51. The molecule has 0 spiro atoms. The van der Waals surface area contributed by atoms with Gasteiger partial charge in [-0.15, -0.1) is 0 Å². The van der Waals surface area contributed by atoms with Crippen LogP contribution in [0, 0.1) is 0 Å². The fourth-order valence-corrected chi connectivity index (χ4v) is 2.13. The van der Waals surface area contributed by atoms with E-state index in [1.165, 1.54) is 0 Å². The molecule has 2 rings (SSSR count). The number of fused-ring (bicyclic) bond motifs is 1. The van der Waals surface area contributed by atoms with Crippen molar-refractivity contribution >= 4 is 17.6 Å². The lowest BCUT2D eigenvalue weighted by atomic mass is 9.90. The van der Waals surface area contributed by atoms with Crippen LogP contribution in [-0.2, 0) is 11.2 Å². The van der Waals surface area contributed by atoms with Crippen molar-refractivity contribution in [2.45, 2.75) is 45.6 Å². The molecular formula is C15H19NO3. The van der Waals surface area contributed by atoms with Crippen LogP contribution in [0.5, 0.6) is 0 Å². The van der Waals surface area contributed by atoms with Crippen LogP contribution < -0.4 is 5.32 Å². The van der Waals surface area contributed by atoms with Crippen LogP contribution in [-0.4, -0.2) is 17.5 Å². The molecule has 0 heterocycles. The highest BCUT2D eigenvalue weighted by atomic mass is 16.6. The molecule has 1 amide bonds. The lowest BCUT2D eigenvalue weighted by molar-refractivity contribution is 0.0635. The van der Waals surface area contributed by atoms with Gasteiger partial charge in [0.25, 0.3) is 0 Å². The van der Waals surface area contributed by atoms with Gasteiger partial charge >= 0.3 is 6.09 Å². The van der Waals surface area contributed by atoms with E-state index in [-0.39, 0.29) is 5.78 Å². The Bertz CT molecular complexity index is 515. The largest absolute Gasteiger partial charge is 0.444 e. The van der Waals surface area contributed by atoms with Gasteiger partial charge < -0.3 is 4.74 Å². The maximum Gasteiger partial charge on any atom is 0.412 e. The van der Waals surface area contributed by atoms with Crippen LogP contribution in [0.4, 0.5) is 10.5 Å². The zero-order valence-electron chi connectivity index (χ0n) is 11.6. The van der Waals surface area contributed by atoms with Gasteiger partial charge in [-0.25, -0.2) is 4.79 Å². The summed E-state index contributed by atoms with van der Waals surface area (Å²) in [5.74, 6) is 0.147. The smallest absolute Gasteiger partial charge is 0.412 e. The lowest BCUT2D eigenvalue weighted by Gasteiger charge is -2.20. The Morgan fingerprint density at radius 2 is 2.00 bits per heavy atom. The van der Waals surface area contributed by atoms with Crippen LogP contribution in [0.3, 0.4) is 0 Å². The van der Waals surface area contributed by atoms with Crippen LogP contribution >= 0.6 is 0 Å². The molecule has 1 aliphatic rings. The molecule has 0 aromatic heterocycles. The van der Waals surface area contributed by atoms with Crippen molar-refractivity contribution in [3.05, 3.63) is 29.3 Å². The molecule has 1 N–H and O–H groups in total. The molecule has 0 unspecified atom stereocenters. The van der Waals surface area contributed by atoms with E-state index in [1.807, 2.05) is 26.8 Å². The highest BCUT2D eigenvalue weighted by Crippen LogP contribution is 2.24. The fraction of sp³-hybridized carbons (Fsp3) is 0.467.